The number of amides is 2. The smallest absolute Gasteiger partial charge is 0.276 e. The molecule has 0 bridgehead atoms. The second-order valence-corrected chi connectivity index (χ2v) is 5.89. The minimum atomic E-state index is -0.500. The van der Waals surface area contributed by atoms with E-state index in [-0.39, 0.29) is 13.2 Å². The van der Waals surface area contributed by atoms with Crippen molar-refractivity contribution in [1.82, 2.24) is 10.9 Å². The van der Waals surface area contributed by atoms with Crippen molar-refractivity contribution >= 4 is 23.4 Å². The fourth-order valence-electron chi connectivity index (χ4n) is 2.08. The molecule has 0 aromatic heterocycles. The zero-order chi connectivity index (χ0) is 18.2. The minimum absolute atomic E-state index is 0.210. The van der Waals surface area contributed by atoms with E-state index in [2.05, 4.69) is 10.9 Å². The Morgan fingerprint density at radius 3 is 2.00 bits per heavy atom. The molecular weight excluding hydrogens is 344 g/mol. The standard InChI is InChI=1S/C18H19ClN2O4/c1-12-6-13(2)8-16(7-12)25-11-18(23)21-20-17(22)10-24-15-5-3-4-14(19)9-15/h3-9H,10-11H2,1-2H3,(H,20,22)(H,21,23). The summed E-state index contributed by atoms with van der Waals surface area (Å²) in [6.07, 6.45) is 0. The van der Waals surface area contributed by atoms with Crippen LogP contribution in [0.2, 0.25) is 5.02 Å². The van der Waals surface area contributed by atoms with Crippen LogP contribution in [0.3, 0.4) is 0 Å². The van der Waals surface area contributed by atoms with Gasteiger partial charge in [0.25, 0.3) is 11.8 Å². The minimum Gasteiger partial charge on any atom is -0.484 e. The maximum Gasteiger partial charge on any atom is 0.276 e. The molecule has 0 aliphatic heterocycles. The maximum atomic E-state index is 11.7. The van der Waals surface area contributed by atoms with Gasteiger partial charge in [0, 0.05) is 5.02 Å². The van der Waals surface area contributed by atoms with Crippen molar-refractivity contribution < 1.29 is 19.1 Å². The van der Waals surface area contributed by atoms with Crippen molar-refractivity contribution in [3.05, 3.63) is 58.6 Å². The first-order chi connectivity index (χ1) is 11.9. The Balaban J connectivity index is 1.69. The summed E-state index contributed by atoms with van der Waals surface area (Å²) in [5.41, 5.74) is 6.60. The van der Waals surface area contributed by atoms with E-state index < -0.39 is 11.8 Å². The lowest BCUT2D eigenvalue weighted by atomic mass is 10.1. The predicted octanol–water partition coefficient (Wildman–Crippen LogP) is 2.56. The fraction of sp³-hybridized carbons (Fsp3) is 0.222. The summed E-state index contributed by atoms with van der Waals surface area (Å²) in [7, 11) is 0. The van der Waals surface area contributed by atoms with E-state index in [1.54, 1.807) is 24.3 Å². The van der Waals surface area contributed by atoms with Gasteiger partial charge in [-0.3, -0.25) is 20.4 Å². The van der Waals surface area contributed by atoms with Gasteiger partial charge in [0.1, 0.15) is 11.5 Å². The van der Waals surface area contributed by atoms with Crippen molar-refractivity contribution in [3.8, 4) is 11.5 Å². The summed E-state index contributed by atoms with van der Waals surface area (Å²) < 4.78 is 10.7. The molecule has 0 heterocycles. The molecule has 0 saturated heterocycles. The molecule has 0 saturated carbocycles. The van der Waals surface area contributed by atoms with Crippen LogP contribution in [-0.2, 0) is 9.59 Å². The Labute approximate surface area is 151 Å². The predicted molar refractivity (Wildman–Crippen MR) is 94.6 cm³/mol. The van der Waals surface area contributed by atoms with Crippen LogP contribution >= 0.6 is 11.6 Å². The number of halogens is 1. The molecule has 2 N–H and O–H groups in total. The molecule has 132 valence electrons. The van der Waals surface area contributed by atoms with Crippen molar-refractivity contribution in [2.75, 3.05) is 13.2 Å². The zero-order valence-corrected chi connectivity index (χ0v) is 14.7. The van der Waals surface area contributed by atoms with Crippen LogP contribution in [-0.4, -0.2) is 25.0 Å². The highest BCUT2D eigenvalue weighted by molar-refractivity contribution is 6.30. The van der Waals surface area contributed by atoms with E-state index in [0.717, 1.165) is 11.1 Å². The molecule has 0 aliphatic carbocycles. The molecule has 25 heavy (non-hydrogen) atoms. The molecule has 7 heteroatoms. The van der Waals surface area contributed by atoms with Gasteiger partial charge in [-0.05, 0) is 55.3 Å². The second kappa shape index (κ2) is 8.94. The molecule has 0 radical (unpaired) electrons. The van der Waals surface area contributed by atoms with Gasteiger partial charge in [0.05, 0.1) is 0 Å². The zero-order valence-electron chi connectivity index (χ0n) is 14.0. The number of rotatable bonds is 6. The quantitative estimate of drug-likeness (QED) is 0.774. The van der Waals surface area contributed by atoms with Gasteiger partial charge >= 0.3 is 0 Å². The molecule has 0 spiro atoms. The van der Waals surface area contributed by atoms with Gasteiger partial charge in [-0.25, -0.2) is 0 Å². The molecule has 0 atom stereocenters. The first kappa shape index (κ1) is 18.6. The molecular formula is C18H19ClN2O4. The van der Waals surface area contributed by atoms with Gasteiger partial charge < -0.3 is 9.47 Å². The molecule has 2 aromatic rings. The summed E-state index contributed by atoms with van der Waals surface area (Å²) in [5.74, 6) is 0.0883. The average molecular weight is 363 g/mol. The van der Waals surface area contributed by atoms with Crippen LogP contribution in [0.5, 0.6) is 11.5 Å². The van der Waals surface area contributed by atoms with Crippen molar-refractivity contribution in [3.63, 3.8) is 0 Å². The van der Waals surface area contributed by atoms with Gasteiger partial charge in [-0.15, -0.1) is 0 Å². The maximum absolute atomic E-state index is 11.7. The summed E-state index contributed by atoms with van der Waals surface area (Å²) in [4.78, 5) is 23.3. The molecule has 2 amide bonds. The molecule has 0 aliphatic rings. The molecule has 0 unspecified atom stereocenters. The van der Waals surface area contributed by atoms with E-state index in [9.17, 15) is 9.59 Å². The molecule has 2 aromatic carbocycles. The van der Waals surface area contributed by atoms with E-state index >= 15 is 0 Å². The number of carbonyl (C=O) groups is 2. The third-order valence-electron chi connectivity index (χ3n) is 3.07. The number of aryl methyl sites for hydroxylation is 2. The van der Waals surface area contributed by atoms with Gasteiger partial charge in [0.15, 0.2) is 13.2 Å². The highest BCUT2D eigenvalue weighted by Gasteiger charge is 2.07. The van der Waals surface area contributed by atoms with Crippen LogP contribution in [0, 0.1) is 13.8 Å². The highest BCUT2D eigenvalue weighted by atomic mass is 35.5. The number of benzene rings is 2. The SMILES string of the molecule is Cc1cc(C)cc(OCC(=O)NNC(=O)COc2cccc(Cl)c2)c1. The highest BCUT2D eigenvalue weighted by Crippen LogP contribution is 2.17. The Hall–Kier alpha value is -2.73. The van der Waals surface area contributed by atoms with Crippen LogP contribution in [0.1, 0.15) is 11.1 Å². The van der Waals surface area contributed by atoms with E-state index in [0.29, 0.717) is 16.5 Å². The Bertz CT molecular complexity index is 744. The van der Waals surface area contributed by atoms with Crippen molar-refractivity contribution in [2.24, 2.45) is 0 Å². The molecule has 6 nitrogen and oxygen atoms in total. The van der Waals surface area contributed by atoms with Gasteiger partial charge in [0.2, 0.25) is 0 Å². The summed E-state index contributed by atoms with van der Waals surface area (Å²) in [5, 5.41) is 0.509. The van der Waals surface area contributed by atoms with Crippen LogP contribution in [0.25, 0.3) is 0 Å². The molecule has 0 fully saturated rings. The summed E-state index contributed by atoms with van der Waals surface area (Å²) >= 11 is 5.82. The second-order valence-electron chi connectivity index (χ2n) is 5.45. The first-order valence-corrected chi connectivity index (χ1v) is 7.97. The lowest BCUT2D eigenvalue weighted by molar-refractivity contribution is -0.131. The number of hydrazine groups is 1. The Morgan fingerprint density at radius 2 is 1.44 bits per heavy atom. The Kier molecular flexibility index (Phi) is 6.65. The molecule has 2 rings (SSSR count). The van der Waals surface area contributed by atoms with Crippen molar-refractivity contribution in [2.45, 2.75) is 13.8 Å². The topological polar surface area (TPSA) is 76.7 Å². The summed E-state index contributed by atoms with van der Waals surface area (Å²) in [6, 6.07) is 12.3. The number of carbonyl (C=O) groups excluding carboxylic acids is 2. The van der Waals surface area contributed by atoms with Crippen LogP contribution in [0.15, 0.2) is 42.5 Å². The van der Waals surface area contributed by atoms with Gasteiger partial charge in [-0.1, -0.05) is 23.7 Å². The number of hydrogen-bond acceptors (Lipinski definition) is 4. The lowest BCUT2D eigenvalue weighted by Crippen LogP contribution is -2.45. The third-order valence-corrected chi connectivity index (χ3v) is 3.31. The lowest BCUT2D eigenvalue weighted by Gasteiger charge is -2.10. The largest absolute Gasteiger partial charge is 0.484 e. The van der Waals surface area contributed by atoms with Crippen molar-refractivity contribution in [1.29, 1.82) is 0 Å². The Morgan fingerprint density at radius 1 is 0.880 bits per heavy atom. The van der Waals surface area contributed by atoms with Crippen LogP contribution in [0.4, 0.5) is 0 Å². The monoisotopic (exact) mass is 362 g/mol. The summed E-state index contributed by atoms with van der Waals surface area (Å²) in [6.45, 7) is 3.43. The normalized spacial score (nSPS) is 10.0. The van der Waals surface area contributed by atoms with Gasteiger partial charge in [-0.2, -0.15) is 0 Å². The number of hydrogen-bond donors (Lipinski definition) is 2. The van der Waals surface area contributed by atoms with E-state index in [4.69, 9.17) is 21.1 Å². The third kappa shape index (κ3) is 6.73. The first-order valence-electron chi connectivity index (χ1n) is 7.59. The number of nitrogens with one attached hydrogen (secondary N) is 2. The number of ether oxygens (including phenoxy) is 2. The van der Waals surface area contributed by atoms with E-state index in [1.165, 1.54) is 0 Å². The van der Waals surface area contributed by atoms with E-state index in [1.807, 2.05) is 32.0 Å². The van der Waals surface area contributed by atoms with Crippen LogP contribution < -0.4 is 20.3 Å². The fourth-order valence-corrected chi connectivity index (χ4v) is 2.26. The average Bonchev–Trinajstić information content (AvgIpc) is 2.55.